The fourth-order valence-corrected chi connectivity index (χ4v) is 2.63. The minimum Gasteiger partial charge on any atom is -0.352 e. The Morgan fingerprint density at radius 3 is 2.41 bits per heavy atom. The second-order valence-corrected chi connectivity index (χ2v) is 7.52. The molecule has 0 spiro atoms. The van der Waals surface area contributed by atoms with Gasteiger partial charge in [-0.25, -0.2) is 9.97 Å². The first-order valence-corrected chi connectivity index (χ1v) is 8.97. The summed E-state index contributed by atoms with van der Waals surface area (Å²) in [5.74, 6) is 0.752. The molecule has 0 aliphatic carbocycles. The number of benzene rings is 1. The first-order chi connectivity index (χ1) is 12.8. The number of amides is 1. The Kier molecular flexibility index (Phi) is 5.31. The summed E-state index contributed by atoms with van der Waals surface area (Å²) in [6.07, 6.45) is 3.58. The van der Waals surface area contributed by atoms with E-state index >= 15 is 0 Å². The normalized spacial score (nSPS) is 11.3. The Balaban J connectivity index is 1.85. The lowest BCUT2D eigenvalue weighted by Gasteiger charge is -2.17. The van der Waals surface area contributed by atoms with Crippen LogP contribution in [0.25, 0.3) is 22.5 Å². The van der Waals surface area contributed by atoms with Gasteiger partial charge in [-0.3, -0.25) is 9.78 Å². The van der Waals surface area contributed by atoms with E-state index in [1.807, 2.05) is 76.4 Å². The zero-order valence-corrected chi connectivity index (χ0v) is 16.2. The molecule has 3 aromatic rings. The Bertz CT molecular complexity index is 929. The molecule has 27 heavy (non-hydrogen) atoms. The van der Waals surface area contributed by atoms with Crippen LogP contribution >= 0.6 is 0 Å². The quantitative estimate of drug-likeness (QED) is 0.758. The van der Waals surface area contributed by atoms with E-state index < -0.39 is 5.41 Å². The van der Waals surface area contributed by atoms with Crippen molar-refractivity contribution in [1.29, 1.82) is 0 Å². The SMILES string of the molecule is Cc1ncc(-c2ccccn2)c(-c2ccc(CNC(=O)C(C)(C)C)cc2)n1. The van der Waals surface area contributed by atoms with Crippen LogP contribution in [-0.4, -0.2) is 20.9 Å². The third-order valence-corrected chi connectivity index (χ3v) is 4.21. The van der Waals surface area contributed by atoms with E-state index in [-0.39, 0.29) is 5.91 Å². The third kappa shape index (κ3) is 4.56. The van der Waals surface area contributed by atoms with E-state index in [1.54, 1.807) is 6.20 Å². The second kappa shape index (κ2) is 7.66. The smallest absolute Gasteiger partial charge is 0.225 e. The van der Waals surface area contributed by atoms with Crippen molar-refractivity contribution in [3.8, 4) is 22.5 Å². The van der Waals surface area contributed by atoms with Crippen LogP contribution in [-0.2, 0) is 11.3 Å². The molecule has 0 saturated heterocycles. The maximum Gasteiger partial charge on any atom is 0.225 e. The number of carbonyl (C=O) groups is 1. The van der Waals surface area contributed by atoms with Gasteiger partial charge in [0.2, 0.25) is 5.91 Å². The van der Waals surface area contributed by atoms with Crippen molar-refractivity contribution in [1.82, 2.24) is 20.3 Å². The van der Waals surface area contributed by atoms with Crippen LogP contribution in [0.4, 0.5) is 0 Å². The fourth-order valence-electron chi connectivity index (χ4n) is 2.63. The summed E-state index contributed by atoms with van der Waals surface area (Å²) in [7, 11) is 0. The van der Waals surface area contributed by atoms with Crippen LogP contribution in [0.15, 0.2) is 54.9 Å². The molecule has 138 valence electrons. The van der Waals surface area contributed by atoms with E-state index in [9.17, 15) is 4.79 Å². The second-order valence-electron chi connectivity index (χ2n) is 7.52. The van der Waals surface area contributed by atoms with E-state index in [2.05, 4.69) is 20.3 Å². The fraction of sp³-hybridized carbons (Fsp3) is 0.273. The van der Waals surface area contributed by atoms with Crippen molar-refractivity contribution in [2.24, 2.45) is 5.41 Å². The Labute approximate surface area is 159 Å². The predicted octanol–water partition coefficient (Wildman–Crippen LogP) is 4.18. The number of pyridine rings is 1. The van der Waals surface area contributed by atoms with Gasteiger partial charge in [0.05, 0.1) is 11.4 Å². The van der Waals surface area contributed by atoms with E-state index in [0.717, 1.165) is 28.1 Å². The number of carbonyl (C=O) groups excluding carboxylic acids is 1. The monoisotopic (exact) mass is 360 g/mol. The highest BCUT2D eigenvalue weighted by Gasteiger charge is 2.20. The summed E-state index contributed by atoms with van der Waals surface area (Å²) in [4.78, 5) is 25.4. The van der Waals surface area contributed by atoms with Crippen LogP contribution in [0.5, 0.6) is 0 Å². The van der Waals surface area contributed by atoms with Crippen molar-refractivity contribution in [2.75, 3.05) is 0 Å². The number of rotatable bonds is 4. The van der Waals surface area contributed by atoms with Crippen molar-refractivity contribution < 1.29 is 4.79 Å². The molecule has 0 saturated carbocycles. The maximum absolute atomic E-state index is 12.0. The molecule has 2 heterocycles. The van der Waals surface area contributed by atoms with Gasteiger partial charge in [0.15, 0.2) is 0 Å². The maximum atomic E-state index is 12.0. The van der Waals surface area contributed by atoms with Gasteiger partial charge in [0, 0.05) is 35.5 Å². The van der Waals surface area contributed by atoms with Gasteiger partial charge in [-0.15, -0.1) is 0 Å². The number of nitrogens with one attached hydrogen (secondary N) is 1. The van der Waals surface area contributed by atoms with Gasteiger partial charge in [0.1, 0.15) is 5.82 Å². The number of hydrogen-bond donors (Lipinski definition) is 1. The van der Waals surface area contributed by atoms with Crippen molar-refractivity contribution in [3.63, 3.8) is 0 Å². The molecule has 0 fully saturated rings. The van der Waals surface area contributed by atoms with E-state index in [4.69, 9.17) is 0 Å². The van der Waals surface area contributed by atoms with Gasteiger partial charge >= 0.3 is 0 Å². The summed E-state index contributed by atoms with van der Waals surface area (Å²) in [5, 5.41) is 2.97. The van der Waals surface area contributed by atoms with Gasteiger partial charge in [-0.2, -0.15) is 0 Å². The molecule has 0 aliphatic heterocycles. The Hall–Kier alpha value is -3.08. The number of hydrogen-bond acceptors (Lipinski definition) is 4. The van der Waals surface area contributed by atoms with Gasteiger partial charge in [0.25, 0.3) is 0 Å². The van der Waals surface area contributed by atoms with Crippen LogP contribution < -0.4 is 5.32 Å². The highest BCUT2D eigenvalue weighted by atomic mass is 16.2. The lowest BCUT2D eigenvalue weighted by atomic mass is 9.95. The Morgan fingerprint density at radius 1 is 1.04 bits per heavy atom. The lowest BCUT2D eigenvalue weighted by Crippen LogP contribution is -2.34. The topological polar surface area (TPSA) is 67.8 Å². The molecule has 1 N–H and O–H groups in total. The molecule has 2 aromatic heterocycles. The van der Waals surface area contributed by atoms with Crippen LogP contribution in [0.3, 0.4) is 0 Å². The minimum atomic E-state index is -0.393. The molecule has 5 heteroatoms. The zero-order valence-electron chi connectivity index (χ0n) is 16.2. The average molecular weight is 360 g/mol. The molecule has 0 unspecified atom stereocenters. The lowest BCUT2D eigenvalue weighted by molar-refractivity contribution is -0.128. The summed E-state index contributed by atoms with van der Waals surface area (Å²) < 4.78 is 0. The molecule has 1 aromatic carbocycles. The highest BCUT2D eigenvalue weighted by molar-refractivity contribution is 5.81. The third-order valence-electron chi connectivity index (χ3n) is 4.21. The number of aromatic nitrogens is 3. The minimum absolute atomic E-state index is 0.0374. The Morgan fingerprint density at radius 2 is 1.78 bits per heavy atom. The molecule has 0 aliphatic rings. The van der Waals surface area contributed by atoms with Gasteiger partial charge in [-0.1, -0.05) is 51.1 Å². The van der Waals surface area contributed by atoms with Crippen molar-refractivity contribution >= 4 is 5.91 Å². The van der Waals surface area contributed by atoms with Crippen LogP contribution in [0.1, 0.15) is 32.2 Å². The molecule has 0 atom stereocenters. The molecule has 5 nitrogen and oxygen atoms in total. The summed E-state index contributed by atoms with van der Waals surface area (Å²) in [6.45, 7) is 8.10. The van der Waals surface area contributed by atoms with Crippen molar-refractivity contribution in [3.05, 3.63) is 66.2 Å². The largest absolute Gasteiger partial charge is 0.352 e. The molecular formula is C22H24N4O. The zero-order chi connectivity index (χ0) is 19.4. The van der Waals surface area contributed by atoms with Crippen LogP contribution in [0, 0.1) is 12.3 Å². The summed E-state index contributed by atoms with van der Waals surface area (Å²) >= 11 is 0. The highest BCUT2D eigenvalue weighted by Crippen LogP contribution is 2.29. The standard InChI is InChI=1S/C22H24N4O/c1-15-24-14-18(19-7-5-6-12-23-19)20(26-15)17-10-8-16(9-11-17)13-25-21(27)22(2,3)4/h5-12,14H,13H2,1-4H3,(H,25,27). The van der Waals surface area contributed by atoms with Crippen molar-refractivity contribution in [2.45, 2.75) is 34.2 Å². The van der Waals surface area contributed by atoms with Gasteiger partial charge in [-0.05, 0) is 24.6 Å². The molecule has 3 rings (SSSR count). The number of aryl methyl sites for hydroxylation is 1. The summed E-state index contributed by atoms with van der Waals surface area (Å²) in [6, 6.07) is 13.9. The van der Waals surface area contributed by atoms with Gasteiger partial charge < -0.3 is 5.32 Å². The van der Waals surface area contributed by atoms with E-state index in [0.29, 0.717) is 12.4 Å². The molecule has 0 radical (unpaired) electrons. The molecule has 1 amide bonds. The molecular weight excluding hydrogens is 336 g/mol. The first kappa shape index (κ1) is 18.7. The molecule has 0 bridgehead atoms. The van der Waals surface area contributed by atoms with Crippen LogP contribution in [0.2, 0.25) is 0 Å². The number of nitrogens with zero attached hydrogens (tertiary/aromatic N) is 3. The van der Waals surface area contributed by atoms with E-state index in [1.165, 1.54) is 0 Å². The first-order valence-electron chi connectivity index (χ1n) is 8.97. The summed E-state index contributed by atoms with van der Waals surface area (Å²) in [5.41, 5.74) is 4.24. The average Bonchev–Trinajstić information content (AvgIpc) is 2.66. The predicted molar refractivity (Wildman–Crippen MR) is 107 cm³/mol.